The van der Waals surface area contributed by atoms with E-state index in [1.807, 2.05) is 6.92 Å². The number of nitriles is 1. The van der Waals surface area contributed by atoms with E-state index in [0.29, 0.717) is 0 Å². The molecule has 0 rings (SSSR count). The molecule has 0 bridgehead atoms. The van der Waals surface area contributed by atoms with E-state index >= 15 is 0 Å². The Morgan fingerprint density at radius 2 is 2.15 bits per heavy atom. The van der Waals surface area contributed by atoms with Crippen LogP contribution in [0.5, 0.6) is 0 Å². The van der Waals surface area contributed by atoms with E-state index < -0.39 is 0 Å². The maximum absolute atomic E-state index is 8.63. The summed E-state index contributed by atoms with van der Waals surface area (Å²) in [5.74, 6) is 0.106. The molecule has 0 aromatic heterocycles. The first-order chi connectivity index (χ1) is 6.24. The molecule has 0 amide bonds. The standard InChI is InChI=1S/C10H20N2O/c1-3-12(6-4-5-7-13)9-10(2)8-11/h10,13H,3-7,9H2,1-2H3. The minimum absolute atomic E-state index is 0.106. The van der Waals surface area contributed by atoms with Crippen molar-refractivity contribution >= 4 is 0 Å². The van der Waals surface area contributed by atoms with Crippen LogP contribution in [0.3, 0.4) is 0 Å². The summed E-state index contributed by atoms with van der Waals surface area (Å²) in [4.78, 5) is 2.25. The Morgan fingerprint density at radius 1 is 1.46 bits per heavy atom. The highest BCUT2D eigenvalue weighted by atomic mass is 16.2. The monoisotopic (exact) mass is 184 g/mol. The molecule has 0 radical (unpaired) electrons. The van der Waals surface area contributed by atoms with Crippen LogP contribution in [0.25, 0.3) is 0 Å². The van der Waals surface area contributed by atoms with Crippen LogP contribution in [0.1, 0.15) is 26.7 Å². The van der Waals surface area contributed by atoms with Crippen molar-refractivity contribution < 1.29 is 5.11 Å². The minimum atomic E-state index is 0.106. The van der Waals surface area contributed by atoms with Crippen molar-refractivity contribution in [3.8, 4) is 6.07 Å². The van der Waals surface area contributed by atoms with Gasteiger partial charge in [-0.3, -0.25) is 0 Å². The predicted molar refractivity (Wildman–Crippen MR) is 53.2 cm³/mol. The molecule has 0 saturated carbocycles. The second-order valence-electron chi connectivity index (χ2n) is 3.35. The molecule has 0 aromatic rings. The molecule has 0 saturated heterocycles. The lowest BCUT2D eigenvalue weighted by molar-refractivity contribution is 0.238. The number of hydrogen-bond acceptors (Lipinski definition) is 3. The summed E-state index contributed by atoms with van der Waals surface area (Å²) in [6.45, 7) is 7.13. The normalized spacial score (nSPS) is 12.8. The van der Waals surface area contributed by atoms with E-state index in [1.54, 1.807) is 0 Å². The molecule has 0 fully saturated rings. The Bertz CT molecular complexity index is 153. The molecule has 1 unspecified atom stereocenters. The number of hydrogen-bond donors (Lipinski definition) is 1. The third-order valence-corrected chi connectivity index (χ3v) is 2.08. The van der Waals surface area contributed by atoms with E-state index in [-0.39, 0.29) is 12.5 Å². The van der Waals surface area contributed by atoms with Gasteiger partial charge in [0.05, 0.1) is 12.0 Å². The fourth-order valence-corrected chi connectivity index (χ4v) is 1.25. The van der Waals surface area contributed by atoms with Crippen LogP contribution >= 0.6 is 0 Å². The summed E-state index contributed by atoms with van der Waals surface area (Å²) in [5, 5.41) is 17.2. The molecule has 76 valence electrons. The van der Waals surface area contributed by atoms with Crippen LogP contribution in [-0.2, 0) is 0 Å². The highest BCUT2D eigenvalue weighted by Crippen LogP contribution is 2.00. The van der Waals surface area contributed by atoms with E-state index in [1.165, 1.54) is 0 Å². The summed E-state index contributed by atoms with van der Waals surface area (Å²) in [5.41, 5.74) is 0. The van der Waals surface area contributed by atoms with Crippen molar-refractivity contribution in [2.24, 2.45) is 5.92 Å². The molecule has 3 heteroatoms. The number of aliphatic hydroxyl groups excluding tert-OH is 1. The molecule has 0 aliphatic rings. The Kier molecular flexibility index (Phi) is 7.66. The summed E-state index contributed by atoms with van der Waals surface area (Å²) in [6, 6.07) is 2.23. The smallest absolute Gasteiger partial charge is 0.0666 e. The first-order valence-electron chi connectivity index (χ1n) is 4.97. The molecule has 3 nitrogen and oxygen atoms in total. The lowest BCUT2D eigenvalue weighted by atomic mass is 10.2. The van der Waals surface area contributed by atoms with Crippen LogP contribution in [0, 0.1) is 17.2 Å². The molecule has 13 heavy (non-hydrogen) atoms. The second-order valence-corrected chi connectivity index (χ2v) is 3.35. The fourth-order valence-electron chi connectivity index (χ4n) is 1.25. The van der Waals surface area contributed by atoms with Gasteiger partial charge >= 0.3 is 0 Å². The zero-order valence-corrected chi connectivity index (χ0v) is 8.66. The molecule has 1 N–H and O–H groups in total. The van der Waals surface area contributed by atoms with Crippen molar-refractivity contribution in [1.29, 1.82) is 5.26 Å². The first-order valence-corrected chi connectivity index (χ1v) is 4.97. The summed E-state index contributed by atoms with van der Waals surface area (Å²) >= 11 is 0. The molecule has 0 spiro atoms. The Balaban J connectivity index is 3.58. The lowest BCUT2D eigenvalue weighted by Gasteiger charge is -2.20. The number of nitrogens with zero attached hydrogens (tertiary/aromatic N) is 2. The third-order valence-electron chi connectivity index (χ3n) is 2.08. The Morgan fingerprint density at radius 3 is 2.62 bits per heavy atom. The van der Waals surface area contributed by atoms with Gasteiger partial charge in [-0.15, -0.1) is 0 Å². The van der Waals surface area contributed by atoms with E-state index in [9.17, 15) is 0 Å². The maximum Gasteiger partial charge on any atom is 0.0666 e. The van der Waals surface area contributed by atoms with Crippen molar-refractivity contribution in [3.05, 3.63) is 0 Å². The number of rotatable bonds is 7. The summed E-state index contributed by atoms with van der Waals surface area (Å²) in [6.07, 6.45) is 1.87. The zero-order chi connectivity index (χ0) is 10.1. The van der Waals surface area contributed by atoms with Gasteiger partial charge in [-0.05, 0) is 32.9 Å². The van der Waals surface area contributed by atoms with Crippen LogP contribution in [0.15, 0.2) is 0 Å². The molecule has 0 aliphatic carbocycles. The summed E-state index contributed by atoms with van der Waals surface area (Å²) in [7, 11) is 0. The van der Waals surface area contributed by atoms with Crippen LogP contribution in [-0.4, -0.2) is 36.2 Å². The van der Waals surface area contributed by atoms with Crippen LogP contribution in [0.4, 0.5) is 0 Å². The van der Waals surface area contributed by atoms with Crippen molar-refractivity contribution in [2.45, 2.75) is 26.7 Å². The topological polar surface area (TPSA) is 47.3 Å². The largest absolute Gasteiger partial charge is 0.396 e. The van der Waals surface area contributed by atoms with Gasteiger partial charge in [-0.25, -0.2) is 0 Å². The molecular weight excluding hydrogens is 164 g/mol. The predicted octanol–water partition coefficient (Wildman–Crippen LogP) is 1.24. The zero-order valence-electron chi connectivity index (χ0n) is 8.66. The van der Waals surface area contributed by atoms with Gasteiger partial charge in [0, 0.05) is 13.2 Å². The van der Waals surface area contributed by atoms with Gasteiger partial charge in [-0.2, -0.15) is 5.26 Å². The van der Waals surface area contributed by atoms with Gasteiger partial charge in [0.25, 0.3) is 0 Å². The molecular formula is C10H20N2O. The van der Waals surface area contributed by atoms with E-state index in [0.717, 1.165) is 32.5 Å². The SMILES string of the molecule is CCN(CCCCO)CC(C)C#N. The van der Waals surface area contributed by atoms with Crippen molar-refractivity contribution in [3.63, 3.8) is 0 Å². The second kappa shape index (κ2) is 8.03. The highest BCUT2D eigenvalue weighted by molar-refractivity contribution is 4.81. The first kappa shape index (κ1) is 12.4. The third kappa shape index (κ3) is 6.56. The van der Waals surface area contributed by atoms with Crippen LogP contribution in [0.2, 0.25) is 0 Å². The maximum atomic E-state index is 8.63. The molecule has 0 heterocycles. The van der Waals surface area contributed by atoms with E-state index in [2.05, 4.69) is 17.9 Å². The highest BCUT2D eigenvalue weighted by Gasteiger charge is 2.06. The summed E-state index contributed by atoms with van der Waals surface area (Å²) < 4.78 is 0. The van der Waals surface area contributed by atoms with Gasteiger partial charge in [-0.1, -0.05) is 6.92 Å². The number of aliphatic hydroxyl groups is 1. The minimum Gasteiger partial charge on any atom is -0.396 e. The van der Waals surface area contributed by atoms with Crippen molar-refractivity contribution in [2.75, 3.05) is 26.2 Å². The van der Waals surface area contributed by atoms with Crippen LogP contribution < -0.4 is 0 Å². The average Bonchev–Trinajstić information content (AvgIpc) is 2.16. The molecule has 0 aliphatic heterocycles. The van der Waals surface area contributed by atoms with Crippen molar-refractivity contribution in [1.82, 2.24) is 4.90 Å². The molecule has 0 aromatic carbocycles. The van der Waals surface area contributed by atoms with Gasteiger partial charge in [0.2, 0.25) is 0 Å². The molecule has 1 atom stereocenters. The van der Waals surface area contributed by atoms with Gasteiger partial charge in [0.1, 0.15) is 0 Å². The Labute approximate surface area is 81.0 Å². The van der Waals surface area contributed by atoms with E-state index in [4.69, 9.17) is 10.4 Å². The lowest BCUT2D eigenvalue weighted by Crippen LogP contribution is -2.29. The Hall–Kier alpha value is -0.590. The average molecular weight is 184 g/mol. The quantitative estimate of drug-likeness (QED) is 0.606. The van der Waals surface area contributed by atoms with Gasteiger partial charge in [0.15, 0.2) is 0 Å². The fraction of sp³-hybridized carbons (Fsp3) is 0.900. The number of unbranched alkanes of at least 4 members (excludes halogenated alkanes) is 1. The van der Waals surface area contributed by atoms with Gasteiger partial charge < -0.3 is 10.0 Å².